The molecule has 5 unspecified atom stereocenters. The van der Waals surface area contributed by atoms with Crippen molar-refractivity contribution in [2.45, 2.75) is 57.5 Å². The summed E-state index contributed by atoms with van der Waals surface area (Å²) in [7, 11) is 0. The Hall–Kier alpha value is -1.15. The Morgan fingerprint density at radius 1 is 1.36 bits per heavy atom. The molecular formula is C20H26N3NaO4. The molecule has 0 radical (unpaired) electrons. The summed E-state index contributed by atoms with van der Waals surface area (Å²) < 4.78 is 5.35. The Bertz CT molecular complexity index is 787. The second-order valence-electron chi connectivity index (χ2n) is 8.45. The molecule has 0 heterocycles. The van der Waals surface area contributed by atoms with Crippen LogP contribution in [0.25, 0.3) is 0 Å². The average Bonchev–Trinajstić information content (AvgIpc) is 2.95. The summed E-state index contributed by atoms with van der Waals surface area (Å²) in [4.78, 5) is 10.7. The topological polar surface area (TPSA) is 120 Å². The molecule has 4 rings (SSSR count). The van der Waals surface area contributed by atoms with Gasteiger partial charge in [-0.3, -0.25) is 0 Å². The summed E-state index contributed by atoms with van der Waals surface area (Å²) in [5.41, 5.74) is 2.93. The molecule has 0 aromatic heterocycles. The van der Waals surface area contributed by atoms with Crippen molar-refractivity contribution < 1.29 is 49.3 Å². The number of aliphatic hydroxyl groups excluding tert-OH is 1. The first-order chi connectivity index (χ1) is 12.9. The number of rotatable bonds is 4. The Morgan fingerprint density at radius 3 is 2.86 bits per heavy atom. The summed E-state index contributed by atoms with van der Waals surface area (Å²) in [5.74, 6) is 5.88. The van der Waals surface area contributed by atoms with E-state index in [0.29, 0.717) is 29.2 Å². The van der Waals surface area contributed by atoms with E-state index in [1.165, 1.54) is 11.1 Å². The van der Waals surface area contributed by atoms with E-state index in [0.717, 1.165) is 38.5 Å². The van der Waals surface area contributed by atoms with Crippen LogP contribution in [-0.2, 0) is 11.2 Å². The van der Waals surface area contributed by atoms with Gasteiger partial charge in [-0.05, 0) is 85.0 Å². The number of carboxylic acid groups (broad SMARTS) is 1. The van der Waals surface area contributed by atoms with Gasteiger partial charge < -0.3 is 25.6 Å². The van der Waals surface area contributed by atoms with Gasteiger partial charge in [-0.15, -0.1) is 5.11 Å². The zero-order chi connectivity index (χ0) is 19.2. The van der Waals surface area contributed by atoms with Gasteiger partial charge in [0, 0.05) is 0 Å². The smallest absolute Gasteiger partial charge is 0.546 e. The number of nitrogens with two attached hydrogens (primary N) is 1. The molecule has 0 saturated heterocycles. The molecule has 8 heteroatoms. The summed E-state index contributed by atoms with van der Waals surface area (Å²) in [6.07, 6.45) is 5.88. The molecule has 0 amide bonds. The van der Waals surface area contributed by atoms with E-state index in [4.69, 9.17) is 10.6 Å². The first-order valence-electron chi connectivity index (χ1n) is 9.72. The zero-order valence-corrected chi connectivity index (χ0v) is 18.6. The third-order valence-corrected chi connectivity index (χ3v) is 7.27. The van der Waals surface area contributed by atoms with E-state index in [1.54, 1.807) is 0 Å². The van der Waals surface area contributed by atoms with Gasteiger partial charge in [0.2, 0.25) is 0 Å². The number of fused-ring (bicyclic) bond motifs is 5. The minimum atomic E-state index is -1.28. The van der Waals surface area contributed by atoms with Crippen molar-refractivity contribution in [2.75, 3.05) is 6.61 Å². The fraction of sp³-hybridized carbons (Fsp3) is 0.650. The molecule has 7 nitrogen and oxygen atoms in total. The minimum absolute atomic E-state index is 0. The van der Waals surface area contributed by atoms with Crippen molar-refractivity contribution in [3.05, 3.63) is 23.3 Å². The van der Waals surface area contributed by atoms with Crippen LogP contribution in [0, 0.1) is 17.3 Å². The Balaban J connectivity index is 0.00000225. The van der Waals surface area contributed by atoms with Gasteiger partial charge in [0.05, 0.1) is 12.1 Å². The molecule has 28 heavy (non-hydrogen) atoms. The number of aryl methyl sites for hydroxylation is 1. The molecule has 3 N–H and O–H groups in total. The number of ether oxygens (including phenoxy) is 1. The van der Waals surface area contributed by atoms with Crippen LogP contribution in [0.2, 0.25) is 0 Å². The molecule has 0 spiro atoms. The summed E-state index contributed by atoms with van der Waals surface area (Å²) in [6, 6.07) is 3.84. The first kappa shape index (κ1) is 21.6. The van der Waals surface area contributed by atoms with Gasteiger partial charge in [-0.25, -0.2) is 0 Å². The molecule has 0 bridgehead atoms. The second-order valence-corrected chi connectivity index (χ2v) is 8.45. The Kier molecular flexibility index (Phi) is 6.39. The van der Waals surface area contributed by atoms with Gasteiger partial charge in [0.25, 0.3) is 0 Å². The standard InChI is InChI=1S/C20H27N3O4.Na/c1-20-7-6-12-13(15(20)4-5-18(20)24)3-2-11-8-17(27-10-19(25)26)16(22-23-21)9-14(11)12;/h8-9,12-13,15,18,24H,2-7,10H2,1H3,(H2,21,22)(H,25,26);/q;+1/p-1. The maximum atomic E-state index is 10.7. The number of benzene rings is 1. The number of aliphatic hydroxyl groups is 1. The quantitative estimate of drug-likeness (QED) is 0.293. The van der Waals surface area contributed by atoms with Gasteiger partial charge in [0.1, 0.15) is 18.0 Å². The van der Waals surface area contributed by atoms with Crippen molar-refractivity contribution in [3.8, 4) is 5.75 Å². The normalized spacial score (nSPS) is 33.5. The Morgan fingerprint density at radius 2 is 2.14 bits per heavy atom. The van der Waals surface area contributed by atoms with Crippen molar-refractivity contribution in [1.29, 1.82) is 0 Å². The molecule has 146 valence electrons. The van der Waals surface area contributed by atoms with Crippen LogP contribution in [0.1, 0.15) is 56.1 Å². The molecule has 3 aliphatic carbocycles. The monoisotopic (exact) mass is 395 g/mol. The average molecular weight is 395 g/mol. The SMILES string of the molecule is CC12CCC3c4cc(N=NN)c(OCC(=O)[O-])cc4CCC3C1CCC2O.[Na+]. The van der Waals surface area contributed by atoms with E-state index in [2.05, 4.69) is 17.3 Å². The van der Waals surface area contributed by atoms with E-state index >= 15 is 0 Å². The van der Waals surface area contributed by atoms with Crippen LogP contribution < -0.4 is 45.2 Å². The molecule has 3 aliphatic rings. The van der Waals surface area contributed by atoms with Crippen molar-refractivity contribution in [1.82, 2.24) is 0 Å². The minimum Gasteiger partial charge on any atom is -0.546 e. The van der Waals surface area contributed by atoms with E-state index in [1.807, 2.05) is 12.1 Å². The van der Waals surface area contributed by atoms with Crippen LogP contribution in [0.3, 0.4) is 0 Å². The van der Waals surface area contributed by atoms with Crippen molar-refractivity contribution in [2.24, 2.45) is 33.4 Å². The Labute approximate surface area is 187 Å². The van der Waals surface area contributed by atoms with Crippen LogP contribution in [-0.4, -0.2) is 23.8 Å². The molecule has 1 aromatic rings. The van der Waals surface area contributed by atoms with Gasteiger partial charge in [-0.1, -0.05) is 12.1 Å². The number of carbonyl (C=O) groups excluding carboxylic acids is 1. The summed E-state index contributed by atoms with van der Waals surface area (Å²) in [6.45, 7) is 1.72. The largest absolute Gasteiger partial charge is 1.00 e. The fourth-order valence-corrected chi connectivity index (χ4v) is 5.95. The number of hydrogen-bond donors (Lipinski definition) is 2. The van der Waals surface area contributed by atoms with Crippen molar-refractivity contribution in [3.63, 3.8) is 0 Å². The number of carboxylic acids is 1. The van der Waals surface area contributed by atoms with Crippen LogP contribution >= 0.6 is 0 Å². The predicted octanol–water partition coefficient (Wildman–Crippen LogP) is -1.01. The molecule has 5 atom stereocenters. The molecule has 2 saturated carbocycles. The summed E-state index contributed by atoms with van der Waals surface area (Å²) in [5, 5.41) is 28.6. The predicted molar refractivity (Wildman–Crippen MR) is 96.3 cm³/mol. The zero-order valence-electron chi connectivity index (χ0n) is 16.6. The van der Waals surface area contributed by atoms with E-state index < -0.39 is 12.6 Å². The van der Waals surface area contributed by atoms with Crippen LogP contribution in [0.5, 0.6) is 5.75 Å². The third kappa shape index (κ3) is 3.58. The van der Waals surface area contributed by atoms with Gasteiger partial charge in [-0.2, -0.15) is 0 Å². The maximum Gasteiger partial charge on any atom is 1.00 e. The van der Waals surface area contributed by atoms with Gasteiger partial charge in [0.15, 0.2) is 0 Å². The molecule has 0 aliphatic heterocycles. The first-order valence-corrected chi connectivity index (χ1v) is 9.72. The van der Waals surface area contributed by atoms with Crippen molar-refractivity contribution >= 4 is 11.7 Å². The number of carbonyl (C=O) groups is 1. The number of nitrogens with zero attached hydrogens (tertiary/aromatic N) is 2. The third-order valence-electron chi connectivity index (χ3n) is 7.27. The molecular weight excluding hydrogens is 369 g/mol. The summed E-state index contributed by atoms with van der Waals surface area (Å²) >= 11 is 0. The molecule has 2 fully saturated rings. The second kappa shape index (κ2) is 8.30. The van der Waals surface area contributed by atoms with Gasteiger partial charge >= 0.3 is 29.6 Å². The van der Waals surface area contributed by atoms with Crippen LogP contribution in [0.4, 0.5) is 5.69 Å². The number of aliphatic carboxylic acids is 1. The fourth-order valence-electron chi connectivity index (χ4n) is 5.95. The number of hydrogen-bond acceptors (Lipinski definition) is 6. The van der Waals surface area contributed by atoms with E-state index in [-0.39, 0.29) is 41.1 Å². The van der Waals surface area contributed by atoms with Crippen LogP contribution in [0.15, 0.2) is 22.5 Å². The van der Waals surface area contributed by atoms with E-state index in [9.17, 15) is 15.0 Å². The molecule has 1 aromatic carbocycles. The maximum absolute atomic E-state index is 10.7.